The maximum Gasteiger partial charge on any atom is 0.0151 e. The highest BCUT2D eigenvalue weighted by molar-refractivity contribution is 9.09. The standard InChI is InChI=1S/C15H21Br/c1-11(2)12-6-8-13(9-7-12)14-4-3-5-15(16)10-14/h6-9,11,14-15H,3-5,10H2,1-2H3. The van der Waals surface area contributed by atoms with Gasteiger partial charge in [-0.15, -0.1) is 0 Å². The Balaban J connectivity index is 2.09. The molecule has 1 aromatic carbocycles. The van der Waals surface area contributed by atoms with Gasteiger partial charge in [-0.2, -0.15) is 0 Å². The first-order chi connectivity index (χ1) is 7.66. The molecule has 0 heterocycles. The molecule has 0 spiro atoms. The SMILES string of the molecule is CC(C)c1ccc(C2CCCC(Br)C2)cc1. The molecular weight excluding hydrogens is 260 g/mol. The van der Waals surface area contributed by atoms with Crippen molar-refractivity contribution < 1.29 is 0 Å². The predicted molar refractivity (Wildman–Crippen MR) is 74.5 cm³/mol. The monoisotopic (exact) mass is 280 g/mol. The third-order valence-corrected chi connectivity index (χ3v) is 4.52. The first kappa shape index (κ1) is 12.2. The summed E-state index contributed by atoms with van der Waals surface area (Å²) in [6, 6.07) is 9.28. The number of benzene rings is 1. The molecule has 2 atom stereocenters. The van der Waals surface area contributed by atoms with Crippen LogP contribution in [0.15, 0.2) is 24.3 Å². The van der Waals surface area contributed by atoms with Crippen molar-refractivity contribution in [1.82, 2.24) is 0 Å². The van der Waals surface area contributed by atoms with E-state index in [0.717, 1.165) is 10.7 Å². The fourth-order valence-electron chi connectivity index (χ4n) is 2.59. The lowest BCUT2D eigenvalue weighted by atomic mass is 9.83. The lowest BCUT2D eigenvalue weighted by Crippen LogP contribution is -2.13. The molecule has 0 aliphatic heterocycles. The van der Waals surface area contributed by atoms with Gasteiger partial charge in [0.05, 0.1) is 0 Å². The Morgan fingerprint density at radius 3 is 2.38 bits per heavy atom. The van der Waals surface area contributed by atoms with Crippen molar-refractivity contribution >= 4 is 15.9 Å². The molecule has 0 bridgehead atoms. The van der Waals surface area contributed by atoms with Crippen LogP contribution >= 0.6 is 15.9 Å². The highest BCUT2D eigenvalue weighted by atomic mass is 79.9. The Bertz CT molecular complexity index is 326. The van der Waals surface area contributed by atoms with Crippen LogP contribution in [0.1, 0.15) is 62.5 Å². The van der Waals surface area contributed by atoms with Gasteiger partial charge < -0.3 is 0 Å². The van der Waals surface area contributed by atoms with Crippen LogP contribution in [0.3, 0.4) is 0 Å². The molecule has 0 amide bonds. The van der Waals surface area contributed by atoms with E-state index in [1.807, 2.05) is 0 Å². The maximum atomic E-state index is 3.76. The van der Waals surface area contributed by atoms with Crippen molar-refractivity contribution in [2.45, 2.75) is 56.2 Å². The lowest BCUT2D eigenvalue weighted by Gasteiger charge is -2.26. The molecule has 0 nitrogen and oxygen atoms in total. The molecule has 0 saturated heterocycles. The molecule has 1 fully saturated rings. The zero-order chi connectivity index (χ0) is 11.5. The van der Waals surface area contributed by atoms with Gasteiger partial charge in [0.1, 0.15) is 0 Å². The zero-order valence-electron chi connectivity index (χ0n) is 10.2. The van der Waals surface area contributed by atoms with Crippen LogP contribution in [-0.4, -0.2) is 4.83 Å². The first-order valence-electron chi connectivity index (χ1n) is 6.40. The summed E-state index contributed by atoms with van der Waals surface area (Å²) < 4.78 is 0. The van der Waals surface area contributed by atoms with Gasteiger partial charge in [0.15, 0.2) is 0 Å². The van der Waals surface area contributed by atoms with Crippen LogP contribution < -0.4 is 0 Å². The number of hydrogen-bond donors (Lipinski definition) is 0. The molecule has 0 aromatic heterocycles. The second kappa shape index (κ2) is 5.35. The third-order valence-electron chi connectivity index (χ3n) is 3.68. The summed E-state index contributed by atoms with van der Waals surface area (Å²) in [7, 11) is 0. The number of hydrogen-bond acceptors (Lipinski definition) is 0. The molecule has 1 aromatic rings. The molecule has 2 rings (SSSR count). The van der Waals surface area contributed by atoms with Crippen LogP contribution in [-0.2, 0) is 0 Å². The highest BCUT2D eigenvalue weighted by Crippen LogP contribution is 2.36. The van der Waals surface area contributed by atoms with Crippen molar-refractivity contribution in [3.63, 3.8) is 0 Å². The van der Waals surface area contributed by atoms with Crippen molar-refractivity contribution in [2.75, 3.05) is 0 Å². The van der Waals surface area contributed by atoms with Crippen LogP contribution in [0.25, 0.3) is 0 Å². The predicted octanol–water partition coefficient (Wildman–Crippen LogP) is 5.23. The van der Waals surface area contributed by atoms with E-state index in [2.05, 4.69) is 54.0 Å². The lowest BCUT2D eigenvalue weighted by molar-refractivity contribution is 0.458. The van der Waals surface area contributed by atoms with Gasteiger partial charge >= 0.3 is 0 Å². The van der Waals surface area contributed by atoms with Crippen LogP contribution in [0.4, 0.5) is 0 Å². The minimum absolute atomic E-state index is 0.643. The summed E-state index contributed by atoms with van der Waals surface area (Å²) in [6.45, 7) is 4.51. The smallest absolute Gasteiger partial charge is 0.0151 e. The maximum absolute atomic E-state index is 3.76. The van der Waals surface area contributed by atoms with Crippen molar-refractivity contribution in [3.05, 3.63) is 35.4 Å². The Hall–Kier alpha value is -0.300. The van der Waals surface area contributed by atoms with Crippen molar-refractivity contribution in [1.29, 1.82) is 0 Å². The molecule has 1 saturated carbocycles. The Morgan fingerprint density at radius 1 is 1.12 bits per heavy atom. The molecule has 1 aliphatic rings. The third kappa shape index (κ3) is 2.88. The molecule has 0 N–H and O–H groups in total. The largest absolute Gasteiger partial charge is 0.0890 e. The Morgan fingerprint density at radius 2 is 1.81 bits per heavy atom. The summed E-state index contributed by atoms with van der Waals surface area (Å²) in [5.74, 6) is 1.42. The second-order valence-electron chi connectivity index (χ2n) is 5.28. The minimum Gasteiger partial charge on any atom is -0.0890 e. The van der Waals surface area contributed by atoms with Gasteiger partial charge in [0, 0.05) is 4.83 Å². The molecule has 2 unspecified atom stereocenters. The summed E-state index contributed by atoms with van der Waals surface area (Å²) in [5, 5.41) is 0. The molecular formula is C15H21Br. The summed E-state index contributed by atoms with van der Waals surface area (Å²) in [5.41, 5.74) is 2.99. The first-order valence-corrected chi connectivity index (χ1v) is 7.32. The van der Waals surface area contributed by atoms with Gasteiger partial charge in [0.25, 0.3) is 0 Å². The van der Waals surface area contributed by atoms with Crippen LogP contribution in [0.5, 0.6) is 0 Å². The van der Waals surface area contributed by atoms with Gasteiger partial charge in [-0.1, -0.05) is 60.5 Å². The number of alkyl halides is 1. The molecule has 88 valence electrons. The van der Waals surface area contributed by atoms with Gasteiger partial charge in [-0.25, -0.2) is 0 Å². The van der Waals surface area contributed by atoms with E-state index in [9.17, 15) is 0 Å². The number of rotatable bonds is 2. The molecule has 0 radical (unpaired) electrons. The molecule has 1 heteroatoms. The Labute approximate surface area is 108 Å². The van der Waals surface area contributed by atoms with E-state index in [0.29, 0.717) is 5.92 Å². The van der Waals surface area contributed by atoms with E-state index in [4.69, 9.17) is 0 Å². The highest BCUT2D eigenvalue weighted by Gasteiger charge is 2.21. The average Bonchev–Trinajstić information content (AvgIpc) is 2.29. The van der Waals surface area contributed by atoms with E-state index in [-0.39, 0.29) is 0 Å². The topological polar surface area (TPSA) is 0 Å². The van der Waals surface area contributed by atoms with E-state index < -0.39 is 0 Å². The van der Waals surface area contributed by atoms with Crippen molar-refractivity contribution in [2.24, 2.45) is 0 Å². The zero-order valence-corrected chi connectivity index (χ0v) is 11.8. The van der Waals surface area contributed by atoms with Crippen molar-refractivity contribution in [3.8, 4) is 0 Å². The van der Waals surface area contributed by atoms with Crippen LogP contribution in [0, 0.1) is 0 Å². The van der Waals surface area contributed by atoms with Crippen LogP contribution in [0.2, 0.25) is 0 Å². The fraction of sp³-hybridized carbons (Fsp3) is 0.600. The quantitative estimate of drug-likeness (QED) is 0.651. The van der Waals surface area contributed by atoms with E-state index in [1.165, 1.54) is 36.8 Å². The fourth-order valence-corrected chi connectivity index (χ4v) is 3.36. The van der Waals surface area contributed by atoms with Gasteiger partial charge in [-0.3, -0.25) is 0 Å². The average molecular weight is 281 g/mol. The van der Waals surface area contributed by atoms with Gasteiger partial charge in [0.2, 0.25) is 0 Å². The molecule has 1 aliphatic carbocycles. The van der Waals surface area contributed by atoms with E-state index >= 15 is 0 Å². The summed E-state index contributed by atoms with van der Waals surface area (Å²) in [6.07, 6.45) is 5.39. The van der Waals surface area contributed by atoms with E-state index in [1.54, 1.807) is 0 Å². The Kier molecular flexibility index (Phi) is 4.07. The van der Waals surface area contributed by atoms with Gasteiger partial charge in [-0.05, 0) is 42.2 Å². The normalized spacial score (nSPS) is 26.0. The summed E-state index contributed by atoms with van der Waals surface area (Å²) >= 11 is 3.76. The summed E-state index contributed by atoms with van der Waals surface area (Å²) in [4.78, 5) is 0.732. The second-order valence-corrected chi connectivity index (χ2v) is 6.58. The molecule has 16 heavy (non-hydrogen) atoms. The minimum atomic E-state index is 0.643. The number of halogens is 1.